The molecule has 1 unspecified atom stereocenters. The molecule has 144 valence electrons. The number of ether oxygens (including phenoxy) is 1. The fourth-order valence-corrected chi connectivity index (χ4v) is 2.83. The van der Waals surface area contributed by atoms with Crippen LogP contribution in [0, 0.1) is 6.92 Å². The van der Waals surface area contributed by atoms with Crippen molar-refractivity contribution >= 4 is 22.9 Å². The molecular formula is C22H23N3O3. The first kappa shape index (κ1) is 19.5. The van der Waals surface area contributed by atoms with Gasteiger partial charge in [-0.2, -0.15) is 0 Å². The first-order valence-electron chi connectivity index (χ1n) is 9.21. The number of rotatable bonds is 6. The Morgan fingerprint density at radius 2 is 1.71 bits per heavy atom. The molecule has 0 radical (unpaired) electrons. The van der Waals surface area contributed by atoms with Gasteiger partial charge in [-0.1, -0.05) is 42.0 Å². The lowest BCUT2D eigenvalue weighted by Gasteiger charge is -2.19. The van der Waals surface area contributed by atoms with Gasteiger partial charge < -0.3 is 10.1 Å². The molecule has 1 heterocycles. The minimum absolute atomic E-state index is 0.0357. The molecule has 1 N–H and O–H groups in total. The number of amides is 1. The number of hydrogen-bond donors (Lipinski definition) is 1. The SMILES string of the molecule is Cc1ccc(C(CC(=O)OC(C)C)NC(=O)c2cnc3ccccc3n2)cc1. The number of carbonyl (C=O) groups excluding carboxylic acids is 2. The zero-order valence-electron chi connectivity index (χ0n) is 16.2. The summed E-state index contributed by atoms with van der Waals surface area (Å²) in [6.07, 6.45) is 1.26. The molecule has 3 rings (SSSR count). The van der Waals surface area contributed by atoms with E-state index in [0.29, 0.717) is 5.52 Å². The number of benzene rings is 2. The monoisotopic (exact) mass is 377 g/mol. The Morgan fingerprint density at radius 1 is 1.04 bits per heavy atom. The summed E-state index contributed by atoms with van der Waals surface area (Å²) in [5, 5.41) is 2.90. The second-order valence-electron chi connectivity index (χ2n) is 6.92. The Bertz CT molecular complexity index is 984. The highest BCUT2D eigenvalue weighted by Gasteiger charge is 2.21. The summed E-state index contributed by atoms with van der Waals surface area (Å²) in [6.45, 7) is 5.57. The van der Waals surface area contributed by atoms with E-state index in [2.05, 4.69) is 15.3 Å². The Labute approximate surface area is 164 Å². The zero-order chi connectivity index (χ0) is 20.1. The topological polar surface area (TPSA) is 81.2 Å². The van der Waals surface area contributed by atoms with Crippen molar-refractivity contribution in [2.75, 3.05) is 0 Å². The number of carbonyl (C=O) groups is 2. The summed E-state index contributed by atoms with van der Waals surface area (Å²) in [4.78, 5) is 33.6. The maximum Gasteiger partial charge on any atom is 0.308 e. The number of nitrogens with zero attached hydrogens (tertiary/aromatic N) is 2. The fraction of sp³-hybridized carbons (Fsp3) is 0.273. The van der Waals surface area contributed by atoms with E-state index >= 15 is 0 Å². The Morgan fingerprint density at radius 3 is 2.39 bits per heavy atom. The summed E-state index contributed by atoms with van der Waals surface area (Å²) in [5.41, 5.74) is 3.48. The summed E-state index contributed by atoms with van der Waals surface area (Å²) < 4.78 is 5.25. The van der Waals surface area contributed by atoms with Gasteiger partial charge in [0.15, 0.2) is 0 Å². The van der Waals surface area contributed by atoms with Crippen molar-refractivity contribution in [3.8, 4) is 0 Å². The summed E-state index contributed by atoms with van der Waals surface area (Å²) in [7, 11) is 0. The minimum Gasteiger partial charge on any atom is -0.463 e. The van der Waals surface area contributed by atoms with Crippen LogP contribution in [0.2, 0.25) is 0 Å². The first-order valence-corrected chi connectivity index (χ1v) is 9.21. The van der Waals surface area contributed by atoms with E-state index in [9.17, 15) is 9.59 Å². The number of aryl methyl sites for hydroxylation is 1. The van der Waals surface area contributed by atoms with Crippen molar-refractivity contribution in [1.29, 1.82) is 0 Å². The van der Waals surface area contributed by atoms with Gasteiger partial charge in [0.25, 0.3) is 5.91 Å². The highest BCUT2D eigenvalue weighted by Crippen LogP contribution is 2.20. The second kappa shape index (κ2) is 8.61. The van der Waals surface area contributed by atoms with Crippen LogP contribution in [0.25, 0.3) is 11.0 Å². The quantitative estimate of drug-likeness (QED) is 0.662. The van der Waals surface area contributed by atoms with Crippen molar-refractivity contribution in [1.82, 2.24) is 15.3 Å². The third kappa shape index (κ3) is 4.91. The van der Waals surface area contributed by atoms with E-state index < -0.39 is 6.04 Å². The molecule has 0 saturated carbocycles. The summed E-state index contributed by atoms with van der Waals surface area (Å²) >= 11 is 0. The van der Waals surface area contributed by atoms with Gasteiger partial charge in [-0.25, -0.2) is 4.98 Å². The van der Waals surface area contributed by atoms with Gasteiger partial charge in [-0.05, 0) is 38.5 Å². The molecule has 1 atom stereocenters. The lowest BCUT2D eigenvalue weighted by molar-refractivity contribution is -0.147. The highest BCUT2D eigenvalue weighted by atomic mass is 16.5. The molecule has 0 saturated heterocycles. The van der Waals surface area contributed by atoms with Crippen LogP contribution >= 0.6 is 0 Å². The highest BCUT2D eigenvalue weighted by molar-refractivity contribution is 5.94. The van der Waals surface area contributed by atoms with Gasteiger partial charge in [0.1, 0.15) is 5.69 Å². The van der Waals surface area contributed by atoms with Gasteiger partial charge in [0, 0.05) is 0 Å². The lowest BCUT2D eigenvalue weighted by Crippen LogP contribution is -2.31. The van der Waals surface area contributed by atoms with Crippen LogP contribution in [0.15, 0.2) is 54.7 Å². The third-order valence-corrected chi connectivity index (χ3v) is 4.20. The molecular weight excluding hydrogens is 354 g/mol. The molecule has 0 fully saturated rings. The summed E-state index contributed by atoms with van der Waals surface area (Å²) in [6, 6.07) is 14.5. The standard InChI is InChI=1S/C22H23N3O3/c1-14(2)28-21(26)12-19(16-10-8-15(3)9-11-16)25-22(27)20-13-23-17-6-4-5-7-18(17)24-20/h4-11,13-14,19H,12H2,1-3H3,(H,25,27). The number of fused-ring (bicyclic) bond motifs is 1. The normalized spacial score (nSPS) is 12.0. The van der Waals surface area contributed by atoms with Crippen molar-refractivity contribution in [2.45, 2.75) is 39.3 Å². The van der Waals surface area contributed by atoms with Crippen LogP contribution < -0.4 is 5.32 Å². The largest absolute Gasteiger partial charge is 0.463 e. The van der Waals surface area contributed by atoms with Gasteiger partial charge in [-0.3, -0.25) is 14.6 Å². The molecule has 1 aromatic heterocycles. The molecule has 0 aliphatic heterocycles. The van der Waals surface area contributed by atoms with Crippen LogP contribution in [0.4, 0.5) is 0 Å². The van der Waals surface area contributed by atoms with Gasteiger partial charge >= 0.3 is 5.97 Å². The number of esters is 1. The summed E-state index contributed by atoms with van der Waals surface area (Å²) in [5.74, 6) is -0.758. The Hall–Kier alpha value is -3.28. The second-order valence-corrected chi connectivity index (χ2v) is 6.92. The maximum absolute atomic E-state index is 12.8. The smallest absolute Gasteiger partial charge is 0.308 e. The van der Waals surface area contributed by atoms with E-state index in [1.54, 1.807) is 19.9 Å². The average molecular weight is 377 g/mol. The van der Waals surface area contributed by atoms with Crippen molar-refractivity contribution in [3.05, 3.63) is 71.5 Å². The molecule has 0 spiro atoms. The van der Waals surface area contributed by atoms with Crippen molar-refractivity contribution < 1.29 is 14.3 Å². The van der Waals surface area contributed by atoms with Crippen LogP contribution in [0.5, 0.6) is 0 Å². The van der Waals surface area contributed by atoms with E-state index in [-0.39, 0.29) is 30.1 Å². The number of hydrogen-bond acceptors (Lipinski definition) is 5. The van der Waals surface area contributed by atoms with Gasteiger partial charge in [-0.15, -0.1) is 0 Å². The van der Waals surface area contributed by atoms with E-state index in [1.165, 1.54) is 6.20 Å². The Balaban J connectivity index is 1.83. The molecule has 6 nitrogen and oxygen atoms in total. The van der Waals surface area contributed by atoms with Crippen LogP contribution in [-0.4, -0.2) is 27.9 Å². The number of nitrogens with one attached hydrogen (secondary N) is 1. The van der Waals surface area contributed by atoms with Crippen LogP contribution in [-0.2, 0) is 9.53 Å². The zero-order valence-corrected chi connectivity index (χ0v) is 16.2. The van der Waals surface area contributed by atoms with Gasteiger partial charge in [0.05, 0.1) is 35.8 Å². The molecule has 0 aliphatic rings. The molecule has 6 heteroatoms. The minimum atomic E-state index is -0.521. The number of aromatic nitrogens is 2. The van der Waals surface area contributed by atoms with Crippen molar-refractivity contribution in [2.24, 2.45) is 0 Å². The molecule has 0 aliphatic carbocycles. The fourth-order valence-electron chi connectivity index (χ4n) is 2.83. The first-order chi connectivity index (χ1) is 13.4. The van der Waals surface area contributed by atoms with Crippen molar-refractivity contribution in [3.63, 3.8) is 0 Å². The van der Waals surface area contributed by atoms with E-state index in [0.717, 1.165) is 16.6 Å². The Kier molecular flexibility index (Phi) is 5.99. The molecule has 1 amide bonds. The van der Waals surface area contributed by atoms with Crippen LogP contribution in [0.3, 0.4) is 0 Å². The third-order valence-electron chi connectivity index (χ3n) is 4.20. The van der Waals surface area contributed by atoms with Gasteiger partial charge in [0.2, 0.25) is 0 Å². The van der Waals surface area contributed by atoms with E-state index in [1.807, 2.05) is 49.4 Å². The predicted octanol–water partition coefficient (Wildman–Crippen LogP) is 3.75. The number of para-hydroxylation sites is 2. The average Bonchev–Trinajstić information content (AvgIpc) is 2.67. The molecule has 3 aromatic rings. The van der Waals surface area contributed by atoms with E-state index in [4.69, 9.17) is 4.74 Å². The van der Waals surface area contributed by atoms with Crippen LogP contribution in [0.1, 0.15) is 47.9 Å². The molecule has 28 heavy (non-hydrogen) atoms. The predicted molar refractivity (Wildman–Crippen MR) is 107 cm³/mol. The lowest BCUT2D eigenvalue weighted by atomic mass is 10.0. The molecule has 0 bridgehead atoms. The molecule has 2 aromatic carbocycles. The maximum atomic E-state index is 12.8.